The van der Waals surface area contributed by atoms with E-state index in [1.54, 1.807) is 0 Å². The van der Waals surface area contributed by atoms with Gasteiger partial charge in [0.15, 0.2) is 0 Å². The molecule has 1 N–H and O–H groups in total. The second kappa shape index (κ2) is 6.07. The molecule has 1 saturated heterocycles. The van der Waals surface area contributed by atoms with Gasteiger partial charge in [0.05, 0.1) is 0 Å². The Bertz CT molecular complexity index is 512. The number of carbonyl (C=O) groups is 2. The minimum Gasteiger partial charge on any atom is -0.480 e. The minimum absolute atomic E-state index is 0.0503. The Balaban J connectivity index is 2.04. The number of hydrogen-bond donors (Lipinski definition) is 1. The van der Waals surface area contributed by atoms with Crippen LogP contribution in [0, 0.1) is 6.92 Å². The van der Waals surface area contributed by atoms with E-state index in [-0.39, 0.29) is 11.8 Å². The summed E-state index contributed by atoms with van der Waals surface area (Å²) < 4.78 is 0. The van der Waals surface area contributed by atoms with Gasteiger partial charge in [0.25, 0.3) is 0 Å². The van der Waals surface area contributed by atoms with E-state index in [0.29, 0.717) is 19.4 Å². The van der Waals surface area contributed by atoms with E-state index in [2.05, 4.69) is 0 Å². The summed E-state index contributed by atoms with van der Waals surface area (Å²) in [5.41, 5.74) is 2.33. The number of amides is 1. The molecule has 1 heterocycles. The van der Waals surface area contributed by atoms with Gasteiger partial charge >= 0.3 is 5.97 Å². The second-order valence-electron chi connectivity index (χ2n) is 5.55. The molecule has 2 rings (SSSR count). The number of benzene rings is 1. The molecule has 4 nitrogen and oxygen atoms in total. The summed E-state index contributed by atoms with van der Waals surface area (Å²) in [5.74, 6) is -0.830. The lowest BCUT2D eigenvalue weighted by molar-refractivity contribution is -0.148. The van der Waals surface area contributed by atoms with Crippen molar-refractivity contribution >= 4 is 11.9 Å². The van der Waals surface area contributed by atoms with Crippen molar-refractivity contribution < 1.29 is 14.7 Å². The standard InChI is InChI=1S/C16H21NO3/c1-11-6-3-4-7-13(11)12(2)10-15(18)17-9-5-8-14(17)16(19)20/h3-4,6-7,12,14H,5,8-10H2,1-2H3,(H,19,20)/t12?,14-/m1/s1. The predicted molar refractivity (Wildman–Crippen MR) is 76.6 cm³/mol. The molecule has 0 saturated carbocycles. The highest BCUT2D eigenvalue weighted by molar-refractivity contribution is 5.84. The van der Waals surface area contributed by atoms with Crippen molar-refractivity contribution in [1.82, 2.24) is 4.90 Å². The van der Waals surface area contributed by atoms with Crippen LogP contribution in [0.15, 0.2) is 24.3 Å². The first-order chi connectivity index (χ1) is 9.50. The van der Waals surface area contributed by atoms with Crippen LogP contribution < -0.4 is 0 Å². The molecule has 0 aliphatic carbocycles. The van der Waals surface area contributed by atoms with Crippen LogP contribution in [0.2, 0.25) is 0 Å². The van der Waals surface area contributed by atoms with Crippen molar-refractivity contribution in [3.8, 4) is 0 Å². The first-order valence-corrected chi connectivity index (χ1v) is 7.08. The van der Waals surface area contributed by atoms with Crippen molar-refractivity contribution in [3.63, 3.8) is 0 Å². The predicted octanol–water partition coefficient (Wildman–Crippen LogP) is 2.56. The highest BCUT2D eigenvalue weighted by Crippen LogP contribution is 2.26. The van der Waals surface area contributed by atoms with E-state index in [0.717, 1.165) is 12.0 Å². The molecular formula is C16H21NO3. The summed E-state index contributed by atoms with van der Waals surface area (Å²) in [6.45, 7) is 4.62. The number of aliphatic carboxylic acids is 1. The minimum atomic E-state index is -0.889. The van der Waals surface area contributed by atoms with E-state index in [1.165, 1.54) is 10.5 Å². The van der Waals surface area contributed by atoms with E-state index in [4.69, 9.17) is 5.11 Å². The molecule has 1 aromatic carbocycles. The normalized spacial score (nSPS) is 19.9. The van der Waals surface area contributed by atoms with Crippen molar-refractivity contribution in [2.45, 2.75) is 45.1 Å². The zero-order valence-corrected chi connectivity index (χ0v) is 12.0. The molecule has 108 valence electrons. The highest BCUT2D eigenvalue weighted by Gasteiger charge is 2.34. The summed E-state index contributed by atoms with van der Waals surface area (Å²) in [7, 11) is 0. The fraction of sp³-hybridized carbons (Fsp3) is 0.500. The topological polar surface area (TPSA) is 57.6 Å². The average molecular weight is 275 g/mol. The van der Waals surface area contributed by atoms with Crippen molar-refractivity contribution in [1.29, 1.82) is 0 Å². The number of rotatable bonds is 4. The fourth-order valence-corrected chi connectivity index (χ4v) is 2.95. The maximum Gasteiger partial charge on any atom is 0.326 e. The van der Waals surface area contributed by atoms with Crippen molar-refractivity contribution in [2.75, 3.05) is 6.54 Å². The van der Waals surface area contributed by atoms with Crippen LogP contribution >= 0.6 is 0 Å². The monoisotopic (exact) mass is 275 g/mol. The molecule has 0 aromatic heterocycles. The maximum absolute atomic E-state index is 12.3. The van der Waals surface area contributed by atoms with E-state index in [1.807, 2.05) is 38.1 Å². The number of carboxylic acids is 1. The molecule has 1 aliphatic heterocycles. The number of likely N-dealkylation sites (tertiary alicyclic amines) is 1. The van der Waals surface area contributed by atoms with Gasteiger partial charge < -0.3 is 10.0 Å². The Labute approximate surface area is 119 Å². The molecule has 1 amide bonds. The fourth-order valence-electron chi connectivity index (χ4n) is 2.95. The Kier molecular flexibility index (Phi) is 4.42. The van der Waals surface area contributed by atoms with Crippen LogP contribution in [-0.4, -0.2) is 34.5 Å². The number of nitrogens with zero attached hydrogens (tertiary/aromatic N) is 1. The van der Waals surface area contributed by atoms with Crippen LogP contribution in [0.1, 0.15) is 43.2 Å². The molecule has 1 aromatic rings. The molecule has 2 atom stereocenters. The van der Waals surface area contributed by atoms with Crippen LogP contribution in [0.25, 0.3) is 0 Å². The maximum atomic E-state index is 12.3. The lowest BCUT2D eigenvalue weighted by Crippen LogP contribution is -2.40. The third-order valence-electron chi connectivity index (χ3n) is 4.06. The molecule has 0 bridgehead atoms. The Morgan fingerprint density at radius 2 is 2.10 bits per heavy atom. The van der Waals surface area contributed by atoms with Crippen LogP contribution in [-0.2, 0) is 9.59 Å². The SMILES string of the molecule is Cc1ccccc1C(C)CC(=O)N1CCC[C@@H]1C(=O)O. The molecule has 0 radical (unpaired) electrons. The number of carbonyl (C=O) groups excluding carboxylic acids is 1. The molecule has 0 spiro atoms. The Morgan fingerprint density at radius 1 is 1.40 bits per heavy atom. The number of aryl methyl sites for hydroxylation is 1. The van der Waals surface area contributed by atoms with Crippen molar-refractivity contribution in [2.24, 2.45) is 0 Å². The highest BCUT2D eigenvalue weighted by atomic mass is 16.4. The van der Waals surface area contributed by atoms with Gasteiger partial charge in [-0.1, -0.05) is 31.2 Å². The summed E-state index contributed by atoms with van der Waals surface area (Å²) >= 11 is 0. The van der Waals surface area contributed by atoms with E-state index < -0.39 is 12.0 Å². The lowest BCUT2D eigenvalue weighted by Gasteiger charge is -2.23. The Hall–Kier alpha value is -1.84. The van der Waals surface area contributed by atoms with Gasteiger partial charge in [0.2, 0.25) is 5.91 Å². The van der Waals surface area contributed by atoms with Gasteiger partial charge in [-0.2, -0.15) is 0 Å². The zero-order chi connectivity index (χ0) is 14.7. The van der Waals surface area contributed by atoms with Gasteiger partial charge in [-0.3, -0.25) is 4.79 Å². The molecule has 4 heteroatoms. The largest absolute Gasteiger partial charge is 0.480 e. The van der Waals surface area contributed by atoms with E-state index >= 15 is 0 Å². The molecule has 1 unspecified atom stereocenters. The van der Waals surface area contributed by atoms with Crippen molar-refractivity contribution in [3.05, 3.63) is 35.4 Å². The summed E-state index contributed by atoms with van der Waals surface area (Å²) in [4.78, 5) is 25.0. The summed E-state index contributed by atoms with van der Waals surface area (Å²) in [6.07, 6.45) is 1.72. The Morgan fingerprint density at radius 3 is 2.75 bits per heavy atom. The lowest BCUT2D eigenvalue weighted by atomic mass is 9.93. The number of hydrogen-bond acceptors (Lipinski definition) is 2. The third kappa shape index (κ3) is 3.00. The first-order valence-electron chi connectivity index (χ1n) is 7.08. The smallest absolute Gasteiger partial charge is 0.326 e. The van der Waals surface area contributed by atoms with Crippen LogP contribution in [0.3, 0.4) is 0 Å². The average Bonchev–Trinajstić information content (AvgIpc) is 2.88. The van der Waals surface area contributed by atoms with Gasteiger partial charge in [0.1, 0.15) is 6.04 Å². The van der Waals surface area contributed by atoms with Gasteiger partial charge in [0, 0.05) is 13.0 Å². The van der Waals surface area contributed by atoms with Gasteiger partial charge in [-0.25, -0.2) is 4.79 Å². The zero-order valence-electron chi connectivity index (χ0n) is 12.0. The third-order valence-corrected chi connectivity index (χ3v) is 4.06. The van der Waals surface area contributed by atoms with Gasteiger partial charge in [-0.05, 0) is 36.8 Å². The second-order valence-corrected chi connectivity index (χ2v) is 5.55. The van der Waals surface area contributed by atoms with Gasteiger partial charge in [-0.15, -0.1) is 0 Å². The molecule has 1 fully saturated rings. The van der Waals surface area contributed by atoms with E-state index in [9.17, 15) is 9.59 Å². The summed E-state index contributed by atoms with van der Waals surface area (Å²) in [5, 5.41) is 9.13. The number of carboxylic acid groups (broad SMARTS) is 1. The van der Waals surface area contributed by atoms with Crippen LogP contribution in [0.5, 0.6) is 0 Å². The quantitative estimate of drug-likeness (QED) is 0.918. The molecule has 1 aliphatic rings. The summed E-state index contributed by atoms with van der Waals surface area (Å²) in [6, 6.07) is 7.39. The first kappa shape index (κ1) is 14.6. The molecular weight excluding hydrogens is 254 g/mol. The van der Waals surface area contributed by atoms with Crippen LogP contribution in [0.4, 0.5) is 0 Å². The molecule has 20 heavy (non-hydrogen) atoms.